The van der Waals surface area contributed by atoms with Crippen LogP contribution in [-0.4, -0.2) is 30.6 Å². The van der Waals surface area contributed by atoms with Gasteiger partial charge in [-0.05, 0) is 37.5 Å². The van der Waals surface area contributed by atoms with E-state index in [0.29, 0.717) is 18.2 Å². The molecule has 0 aliphatic rings. The minimum atomic E-state index is 0.257. The summed E-state index contributed by atoms with van der Waals surface area (Å²) in [7, 11) is 0. The maximum atomic E-state index is 10.9. The van der Waals surface area contributed by atoms with Crippen molar-refractivity contribution in [2.24, 2.45) is 0 Å². The average Bonchev–Trinajstić information content (AvgIpc) is 2.49. The molecule has 0 saturated heterocycles. The number of halogens is 2. The van der Waals surface area contributed by atoms with Gasteiger partial charge in [-0.25, -0.2) is 0 Å². The van der Waals surface area contributed by atoms with Crippen LogP contribution in [0.2, 0.25) is 0 Å². The molecule has 0 spiro atoms. The number of ketones is 1. The number of hydrogen-bond donors (Lipinski definition) is 0. The Bertz CT molecular complexity index is 373. The van der Waals surface area contributed by atoms with Gasteiger partial charge >= 0.3 is 0 Å². The lowest BCUT2D eigenvalue weighted by atomic mass is 10.1. The van der Waals surface area contributed by atoms with Crippen LogP contribution >= 0.6 is 23.2 Å². The summed E-state index contributed by atoms with van der Waals surface area (Å²) in [5.74, 6) is 1.45. The zero-order chi connectivity index (χ0) is 16.1. The zero-order valence-corrected chi connectivity index (χ0v) is 14.9. The molecule has 120 valence electrons. The van der Waals surface area contributed by atoms with E-state index in [1.54, 1.807) is 6.92 Å². The number of anilines is 1. The van der Waals surface area contributed by atoms with Crippen molar-refractivity contribution in [3.05, 3.63) is 29.8 Å². The van der Waals surface area contributed by atoms with Crippen LogP contribution in [0.25, 0.3) is 0 Å². The predicted octanol–water partition coefficient (Wildman–Crippen LogP) is 4.91. The Labute approximate surface area is 139 Å². The van der Waals surface area contributed by atoms with Gasteiger partial charge in [0.05, 0.1) is 0 Å². The van der Waals surface area contributed by atoms with E-state index < -0.39 is 0 Å². The fraction of sp³-hybridized carbons (Fsp3) is 0.588. The van der Waals surface area contributed by atoms with E-state index in [2.05, 4.69) is 29.2 Å². The smallest absolute Gasteiger partial charge is 0.129 e. The highest BCUT2D eigenvalue weighted by atomic mass is 35.5. The Hall–Kier alpha value is -0.730. The van der Waals surface area contributed by atoms with Gasteiger partial charge in [0.2, 0.25) is 0 Å². The van der Waals surface area contributed by atoms with Gasteiger partial charge < -0.3 is 9.69 Å². The van der Waals surface area contributed by atoms with Crippen LogP contribution < -0.4 is 4.90 Å². The molecule has 0 saturated carbocycles. The van der Waals surface area contributed by atoms with Crippen LogP contribution in [0.4, 0.5) is 5.69 Å². The van der Waals surface area contributed by atoms with E-state index in [4.69, 9.17) is 23.2 Å². The molecule has 21 heavy (non-hydrogen) atoms. The van der Waals surface area contributed by atoms with Gasteiger partial charge in [-0.2, -0.15) is 0 Å². The minimum absolute atomic E-state index is 0.257. The molecule has 0 amide bonds. The molecular weight excluding hydrogens is 305 g/mol. The first kappa shape index (κ1) is 20.3. The molecule has 0 heterocycles. The Morgan fingerprint density at radius 1 is 1.05 bits per heavy atom. The van der Waals surface area contributed by atoms with Gasteiger partial charge in [0, 0.05) is 37.0 Å². The topological polar surface area (TPSA) is 20.3 Å². The number of hydrogen-bond acceptors (Lipinski definition) is 2. The fourth-order valence-electron chi connectivity index (χ4n) is 1.99. The average molecular weight is 332 g/mol. The molecule has 0 radical (unpaired) electrons. The summed E-state index contributed by atoms with van der Waals surface area (Å²) in [6.07, 6.45) is 2.53. The maximum Gasteiger partial charge on any atom is 0.129 e. The first-order chi connectivity index (χ1) is 10.2. The maximum absolute atomic E-state index is 10.9. The van der Waals surface area contributed by atoms with Crippen molar-refractivity contribution in [1.82, 2.24) is 0 Å². The monoisotopic (exact) mass is 331 g/mol. The second-order valence-electron chi connectivity index (χ2n) is 4.59. The number of aryl methyl sites for hydroxylation is 1. The summed E-state index contributed by atoms with van der Waals surface area (Å²) < 4.78 is 0. The van der Waals surface area contributed by atoms with Gasteiger partial charge in [0.25, 0.3) is 0 Å². The number of alkyl halides is 2. The summed E-state index contributed by atoms with van der Waals surface area (Å²) in [6.45, 7) is 7.25. The predicted molar refractivity (Wildman–Crippen MR) is 95.1 cm³/mol. The summed E-state index contributed by atoms with van der Waals surface area (Å²) in [5, 5.41) is 0. The quantitative estimate of drug-likeness (QED) is 0.599. The standard InChI is InChI=1S/C15H21Cl2NO.C2H6/c1-13(19)3-2-4-14-5-7-15(8-6-14)18(11-9-16)12-10-17;1-2/h5-8H,2-4,9-12H2,1H3;1-2H3. The lowest BCUT2D eigenvalue weighted by Crippen LogP contribution is -2.27. The Morgan fingerprint density at radius 2 is 1.57 bits per heavy atom. The Balaban J connectivity index is 0.00000191. The number of nitrogens with zero attached hydrogens (tertiary/aromatic N) is 1. The number of benzene rings is 1. The first-order valence-corrected chi connectivity index (χ1v) is 8.69. The van der Waals surface area contributed by atoms with Crippen LogP contribution in [0, 0.1) is 0 Å². The molecule has 1 aromatic carbocycles. The van der Waals surface area contributed by atoms with Gasteiger partial charge in [-0.15, -0.1) is 23.2 Å². The van der Waals surface area contributed by atoms with E-state index in [1.165, 1.54) is 5.56 Å². The van der Waals surface area contributed by atoms with E-state index in [-0.39, 0.29) is 5.78 Å². The molecule has 1 rings (SSSR count). The molecule has 0 aliphatic heterocycles. The third kappa shape index (κ3) is 9.00. The molecule has 0 N–H and O–H groups in total. The van der Waals surface area contributed by atoms with Gasteiger partial charge in [-0.3, -0.25) is 0 Å². The number of carbonyl (C=O) groups is 1. The van der Waals surface area contributed by atoms with Crippen molar-refractivity contribution in [3.8, 4) is 0 Å². The molecule has 0 aromatic heterocycles. The van der Waals surface area contributed by atoms with E-state index in [1.807, 2.05) is 13.8 Å². The summed E-state index contributed by atoms with van der Waals surface area (Å²) in [6, 6.07) is 8.43. The number of rotatable bonds is 9. The summed E-state index contributed by atoms with van der Waals surface area (Å²) >= 11 is 11.6. The number of carbonyl (C=O) groups excluding carboxylic acids is 1. The van der Waals surface area contributed by atoms with Crippen LogP contribution in [0.1, 0.15) is 39.2 Å². The molecular formula is C17H27Cl2NO. The van der Waals surface area contributed by atoms with Crippen LogP contribution in [0.3, 0.4) is 0 Å². The van der Waals surface area contributed by atoms with Crippen molar-refractivity contribution in [1.29, 1.82) is 0 Å². The molecule has 0 atom stereocenters. The summed E-state index contributed by atoms with van der Waals surface area (Å²) in [4.78, 5) is 13.1. The fourth-order valence-corrected chi connectivity index (χ4v) is 2.40. The largest absolute Gasteiger partial charge is 0.369 e. The van der Waals surface area contributed by atoms with E-state index in [9.17, 15) is 4.79 Å². The van der Waals surface area contributed by atoms with E-state index >= 15 is 0 Å². The third-order valence-electron chi connectivity index (χ3n) is 3.00. The molecule has 1 aromatic rings. The summed E-state index contributed by atoms with van der Waals surface area (Å²) in [5.41, 5.74) is 2.42. The van der Waals surface area contributed by atoms with Crippen molar-refractivity contribution in [2.75, 3.05) is 29.7 Å². The van der Waals surface area contributed by atoms with Crippen LogP contribution in [-0.2, 0) is 11.2 Å². The van der Waals surface area contributed by atoms with Crippen LogP contribution in [0.15, 0.2) is 24.3 Å². The highest BCUT2D eigenvalue weighted by molar-refractivity contribution is 6.18. The van der Waals surface area contributed by atoms with Gasteiger partial charge in [0.15, 0.2) is 0 Å². The Morgan fingerprint density at radius 3 is 2.00 bits per heavy atom. The minimum Gasteiger partial charge on any atom is -0.369 e. The van der Waals surface area contributed by atoms with Crippen molar-refractivity contribution < 1.29 is 4.79 Å². The molecule has 0 aliphatic carbocycles. The van der Waals surface area contributed by atoms with Crippen molar-refractivity contribution >= 4 is 34.7 Å². The molecule has 0 bridgehead atoms. The SMILES string of the molecule is CC.CC(=O)CCCc1ccc(N(CCCl)CCCl)cc1. The first-order valence-electron chi connectivity index (χ1n) is 7.62. The van der Waals surface area contributed by atoms with Crippen LogP contribution in [0.5, 0.6) is 0 Å². The van der Waals surface area contributed by atoms with Crippen molar-refractivity contribution in [3.63, 3.8) is 0 Å². The second kappa shape index (κ2) is 13.0. The van der Waals surface area contributed by atoms with Gasteiger partial charge in [0.1, 0.15) is 5.78 Å². The molecule has 2 nitrogen and oxygen atoms in total. The highest BCUT2D eigenvalue weighted by Gasteiger charge is 2.05. The number of Topliss-reactive ketones (excluding diaryl/α,β-unsaturated/α-hetero) is 1. The van der Waals surface area contributed by atoms with Gasteiger partial charge in [-0.1, -0.05) is 26.0 Å². The Kier molecular flexibility index (Phi) is 12.5. The highest BCUT2D eigenvalue weighted by Crippen LogP contribution is 2.16. The third-order valence-corrected chi connectivity index (χ3v) is 3.34. The molecule has 0 unspecified atom stereocenters. The molecule has 0 fully saturated rings. The second-order valence-corrected chi connectivity index (χ2v) is 5.34. The van der Waals surface area contributed by atoms with E-state index in [0.717, 1.165) is 31.6 Å². The van der Waals surface area contributed by atoms with Crippen molar-refractivity contribution in [2.45, 2.75) is 40.0 Å². The normalized spacial score (nSPS) is 9.76. The lowest BCUT2D eigenvalue weighted by Gasteiger charge is -2.23. The zero-order valence-electron chi connectivity index (χ0n) is 13.4. The lowest BCUT2D eigenvalue weighted by molar-refractivity contribution is -0.117. The molecule has 4 heteroatoms.